The number of hydrogen-bond donors (Lipinski definition) is 2. The Labute approximate surface area is 137 Å². The van der Waals surface area contributed by atoms with Gasteiger partial charge in [-0.2, -0.15) is 0 Å². The number of rotatable bonds is 5. The molecule has 1 amide bonds. The van der Waals surface area contributed by atoms with Gasteiger partial charge in [-0.25, -0.2) is 14.4 Å². The Bertz CT molecular complexity index is 932. The van der Waals surface area contributed by atoms with E-state index < -0.39 is 11.7 Å². The van der Waals surface area contributed by atoms with Crippen LogP contribution in [0.3, 0.4) is 0 Å². The van der Waals surface area contributed by atoms with Crippen LogP contribution in [-0.4, -0.2) is 20.4 Å². The van der Waals surface area contributed by atoms with Crippen LogP contribution in [0.15, 0.2) is 36.8 Å². The molecule has 1 aliphatic rings. The Morgan fingerprint density at radius 1 is 1.38 bits per heavy atom. The number of primary amides is 1. The summed E-state index contributed by atoms with van der Waals surface area (Å²) in [6.07, 6.45) is 7.28. The van der Waals surface area contributed by atoms with Crippen LogP contribution in [0.4, 0.5) is 15.9 Å². The maximum atomic E-state index is 13.3. The van der Waals surface area contributed by atoms with Crippen molar-refractivity contribution in [2.24, 2.45) is 11.7 Å². The van der Waals surface area contributed by atoms with Crippen molar-refractivity contribution in [3.8, 4) is 0 Å². The summed E-state index contributed by atoms with van der Waals surface area (Å²) < 4.78 is 15.4. The highest BCUT2D eigenvalue weighted by Crippen LogP contribution is 2.33. The Morgan fingerprint density at radius 2 is 2.21 bits per heavy atom. The van der Waals surface area contributed by atoms with Gasteiger partial charge < -0.3 is 15.6 Å². The highest BCUT2D eigenvalue weighted by atomic mass is 19.1. The number of carbonyl (C=O) groups is 1. The van der Waals surface area contributed by atoms with Crippen LogP contribution < -0.4 is 11.1 Å². The molecule has 0 unspecified atom stereocenters. The van der Waals surface area contributed by atoms with Crippen LogP contribution in [0.25, 0.3) is 11.0 Å². The first-order valence-electron chi connectivity index (χ1n) is 7.78. The number of nitrogens with two attached hydrogens (primary N) is 1. The summed E-state index contributed by atoms with van der Waals surface area (Å²) in [6.45, 7) is 0.960. The van der Waals surface area contributed by atoms with Gasteiger partial charge >= 0.3 is 0 Å². The second-order valence-corrected chi connectivity index (χ2v) is 6.05. The van der Waals surface area contributed by atoms with Crippen LogP contribution in [0.2, 0.25) is 0 Å². The van der Waals surface area contributed by atoms with Crippen LogP contribution in [-0.2, 0) is 6.54 Å². The molecule has 0 aliphatic heterocycles. The monoisotopic (exact) mass is 325 g/mol. The quantitative estimate of drug-likeness (QED) is 0.755. The molecule has 7 heteroatoms. The van der Waals surface area contributed by atoms with Gasteiger partial charge in [0, 0.05) is 24.3 Å². The fourth-order valence-corrected chi connectivity index (χ4v) is 2.78. The van der Waals surface area contributed by atoms with Crippen molar-refractivity contribution in [2.45, 2.75) is 19.4 Å². The Kier molecular flexibility index (Phi) is 3.41. The van der Waals surface area contributed by atoms with E-state index in [1.54, 1.807) is 12.3 Å². The van der Waals surface area contributed by atoms with Crippen LogP contribution >= 0.6 is 0 Å². The smallest absolute Gasteiger partial charge is 0.252 e. The first-order chi connectivity index (χ1) is 11.6. The van der Waals surface area contributed by atoms with Gasteiger partial charge in [0.1, 0.15) is 17.3 Å². The van der Waals surface area contributed by atoms with E-state index in [1.165, 1.54) is 12.8 Å². The number of nitrogens with one attached hydrogen (secondary N) is 1. The summed E-state index contributed by atoms with van der Waals surface area (Å²) >= 11 is 0. The third-order valence-corrected chi connectivity index (χ3v) is 4.19. The highest BCUT2D eigenvalue weighted by Gasteiger charge is 2.22. The lowest BCUT2D eigenvalue weighted by Crippen LogP contribution is -2.14. The minimum Gasteiger partial charge on any atom is -0.365 e. The Hall–Kier alpha value is -2.96. The van der Waals surface area contributed by atoms with Gasteiger partial charge in [-0.05, 0) is 37.0 Å². The van der Waals surface area contributed by atoms with Gasteiger partial charge in [-0.1, -0.05) is 0 Å². The summed E-state index contributed by atoms with van der Waals surface area (Å²) in [5.41, 5.74) is 6.94. The van der Waals surface area contributed by atoms with E-state index in [0.29, 0.717) is 0 Å². The molecule has 1 aliphatic carbocycles. The van der Waals surface area contributed by atoms with Crippen LogP contribution in [0.5, 0.6) is 0 Å². The van der Waals surface area contributed by atoms with Crippen molar-refractivity contribution >= 4 is 28.4 Å². The van der Waals surface area contributed by atoms with Gasteiger partial charge in [-0.15, -0.1) is 0 Å². The number of nitrogens with zero attached hydrogens (tertiary/aromatic N) is 3. The fourth-order valence-electron chi connectivity index (χ4n) is 2.78. The molecule has 0 atom stereocenters. The average Bonchev–Trinajstić information content (AvgIpc) is 3.28. The molecule has 4 rings (SSSR count). The van der Waals surface area contributed by atoms with E-state index in [4.69, 9.17) is 5.73 Å². The number of fused-ring (bicyclic) bond motifs is 1. The second-order valence-electron chi connectivity index (χ2n) is 6.05. The maximum absolute atomic E-state index is 13.3. The lowest BCUT2D eigenvalue weighted by molar-refractivity contribution is 0.100. The lowest BCUT2D eigenvalue weighted by Gasteiger charge is -2.10. The van der Waals surface area contributed by atoms with Crippen molar-refractivity contribution in [1.82, 2.24) is 14.5 Å². The van der Waals surface area contributed by atoms with Gasteiger partial charge in [0.25, 0.3) is 5.91 Å². The summed E-state index contributed by atoms with van der Waals surface area (Å²) in [5.74, 6) is -0.378. The minimum absolute atomic E-state index is 0.0115. The van der Waals surface area contributed by atoms with E-state index in [0.717, 1.165) is 41.4 Å². The summed E-state index contributed by atoms with van der Waals surface area (Å²) in [7, 11) is 0. The number of hydrogen-bond acceptors (Lipinski definition) is 4. The third kappa shape index (κ3) is 2.68. The predicted molar refractivity (Wildman–Crippen MR) is 88.5 cm³/mol. The van der Waals surface area contributed by atoms with Crippen molar-refractivity contribution in [3.05, 3.63) is 48.2 Å². The highest BCUT2D eigenvalue weighted by molar-refractivity contribution is 6.00. The standard InChI is InChI=1S/C17H16FN5O/c18-11-7-13(15(19)24)16(21-8-11)22-14-3-5-20-17-12(14)4-6-23(17)9-10-1-2-10/h3-8,10H,1-2,9H2,(H2,19,24)(H,20,21,22). The molecule has 0 aromatic carbocycles. The molecule has 1 saturated carbocycles. The van der Waals surface area contributed by atoms with Crippen molar-refractivity contribution in [3.63, 3.8) is 0 Å². The van der Waals surface area contributed by atoms with Gasteiger partial charge in [0.05, 0.1) is 17.4 Å². The van der Waals surface area contributed by atoms with Gasteiger partial charge in [0.2, 0.25) is 0 Å². The SMILES string of the molecule is NC(=O)c1cc(F)cnc1Nc1ccnc2c1ccn2CC1CC1. The first kappa shape index (κ1) is 14.6. The van der Waals surface area contributed by atoms with Crippen molar-refractivity contribution in [1.29, 1.82) is 0 Å². The third-order valence-electron chi connectivity index (χ3n) is 4.19. The summed E-state index contributed by atoms with van der Waals surface area (Å²) in [5, 5.41) is 3.99. The Balaban J connectivity index is 1.72. The minimum atomic E-state index is -0.735. The Morgan fingerprint density at radius 3 is 2.96 bits per heavy atom. The van der Waals surface area contributed by atoms with Crippen LogP contribution in [0, 0.1) is 11.7 Å². The molecule has 3 N–H and O–H groups in total. The zero-order chi connectivity index (χ0) is 16.7. The van der Waals surface area contributed by atoms with E-state index in [-0.39, 0.29) is 11.4 Å². The molecule has 0 radical (unpaired) electrons. The average molecular weight is 325 g/mol. The largest absolute Gasteiger partial charge is 0.365 e. The summed E-state index contributed by atoms with van der Waals surface area (Å²) in [4.78, 5) is 19.9. The van der Waals surface area contributed by atoms with E-state index in [1.807, 2.05) is 12.3 Å². The molecule has 3 aromatic rings. The van der Waals surface area contributed by atoms with Gasteiger partial charge in [0.15, 0.2) is 0 Å². The molecule has 0 bridgehead atoms. The zero-order valence-electron chi connectivity index (χ0n) is 12.9. The topological polar surface area (TPSA) is 85.8 Å². The number of anilines is 2. The van der Waals surface area contributed by atoms with E-state index in [9.17, 15) is 9.18 Å². The fraction of sp³-hybridized carbons (Fsp3) is 0.235. The maximum Gasteiger partial charge on any atom is 0.252 e. The lowest BCUT2D eigenvalue weighted by atomic mass is 10.2. The molecule has 6 nitrogen and oxygen atoms in total. The number of pyridine rings is 2. The van der Waals surface area contributed by atoms with Crippen molar-refractivity contribution < 1.29 is 9.18 Å². The molecular weight excluding hydrogens is 309 g/mol. The van der Waals surface area contributed by atoms with E-state index in [2.05, 4.69) is 19.9 Å². The normalized spacial score (nSPS) is 14.0. The van der Waals surface area contributed by atoms with Crippen LogP contribution in [0.1, 0.15) is 23.2 Å². The number of halogens is 1. The second kappa shape index (κ2) is 5.59. The van der Waals surface area contributed by atoms with Crippen molar-refractivity contribution in [2.75, 3.05) is 5.32 Å². The zero-order valence-corrected chi connectivity index (χ0v) is 12.9. The molecule has 0 saturated heterocycles. The molecule has 24 heavy (non-hydrogen) atoms. The molecule has 1 fully saturated rings. The number of aromatic nitrogens is 3. The number of carbonyl (C=O) groups excluding carboxylic acids is 1. The van der Waals surface area contributed by atoms with Gasteiger partial charge in [-0.3, -0.25) is 4.79 Å². The molecule has 122 valence electrons. The molecular formula is C17H16FN5O. The molecule has 3 heterocycles. The molecule has 0 spiro atoms. The first-order valence-corrected chi connectivity index (χ1v) is 7.78. The predicted octanol–water partition coefficient (Wildman–Crippen LogP) is 2.82. The van der Waals surface area contributed by atoms with E-state index >= 15 is 0 Å². The number of amides is 1. The summed E-state index contributed by atoms with van der Waals surface area (Å²) in [6, 6.07) is 4.84. The molecule has 3 aromatic heterocycles.